The molecule has 8 heteroatoms. The quantitative estimate of drug-likeness (QED) is 0.762. The average Bonchev–Trinajstić information content (AvgIpc) is 2.70. The van der Waals surface area contributed by atoms with Crippen LogP contribution in [0.15, 0.2) is 27.5 Å². The minimum atomic E-state index is -0.926. The van der Waals surface area contributed by atoms with Crippen LogP contribution < -0.4 is 11.4 Å². The number of hydrogen-bond acceptors (Lipinski definition) is 4. The maximum Gasteiger partial charge on any atom is 0.329 e. The molecular formula is C17H22BrN3O4. The lowest BCUT2D eigenvalue weighted by Crippen LogP contribution is -2.35. The van der Waals surface area contributed by atoms with E-state index in [9.17, 15) is 14.4 Å². The first-order chi connectivity index (χ1) is 11.5. The number of primary amides is 1. The van der Waals surface area contributed by atoms with Gasteiger partial charge in [0.2, 0.25) is 5.91 Å². The number of halogens is 1. The zero-order valence-electron chi connectivity index (χ0n) is 14.7. The van der Waals surface area contributed by atoms with Gasteiger partial charge in [0.25, 0.3) is 0 Å². The van der Waals surface area contributed by atoms with Crippen molar-refractivity contribution in [3.8, 4) is 0 Å². The predicted molar refractivity (Wildman–Crippen MR) is 98.2 cm³/mol. The van der Waals surface area contributed by atoms with Gasteiger partial charge < -0.3 is 10.5 Å². The van der Waals surface area contributed by atoms with Crippen molar-refractivity contribution in [2.45, 2.75) is 45.3 Å². The van der Waals surface area contributed by atoms with E-state index in [1.807, 2.05) is 0 Å². The van der Waals surface area contributed by atoms with E-state index in [1.54, 1.807) is 46.0 Å². The zero-order chi connectivity index (χ0) is 18.9. The lowest BCUT2D eigenvalue weighted by molar-refractivity contribution is -0.155. The number of nitrogens with zero attached hydrogens (tertiary/aromatic N) is 2. The number of carbonyl (C=O) groups excluding carboxylic acids is 2. The molecule has 1 unspecified atom stereocenters. The van der Waals surface area contributed by atoms with E-state index in [0.717, 1.165) is 4.47 Å². The van der Waals surface area contributed by atoms with Gasteiger partial charge in [-0.15, -0.1) is 0 Å². The molecule has 0 fully saturated rings. The molecule has 25 heavy (non-hydrogen) atoms. The molecule has 0 radical (unpaired) electrons. The number of rotatable bonds is 5. The molecule has 0 aliphatic heterocycles. The Balaban J connectivity index is 2.37. The molecule has 1 atom stereocenters. The van der Waals surface area contributed by atoms with E-state index >= 15 is 0 Å². The highest BCUT2D eigenvalue weighted by molar-refractivity contribution is 9.10. The van der Waals surface area contributed by atoms with E-state index in [0.29, 0.717) is 11.0 Å². The van der Waals surface area contributed by atoms with Gasteiger partial charge in [0, 0.05) is 17.9 Å². The largest absolute Gasteiger partial charge is 0.460 e. The third-order valence-corrected chi connectivity index (χ3v) is 4.23. The van der Waals surface area contributed by atoms with Crippen LogP contribution in [-0.4, -0.2) is 26.6 Å². The van der Waals surface area contributed by atoms with Crippen LogP contribution in [0, 0.1) is 0 Å². The van der Waals surface area contributed by atoms with Crippen LogP contribution in [0.4, 0.5) is 0 Å². The molecule has 2 aromatic rings. The SMILES string of the molecule is Cn1c(=O)n(C(CCC(=O)OC(C)(C)C)C(N)=O)c2ccc(Br)cc21. The molecule has 0 aliphatic rings. The van der Waals surface area contributed by atoms with Crippen LogP contribution in [-0.2, 0) is 21.4 Å². The lowest BCUT2D eigenvalue weighted by Gasteiger charge is -2.20. The summed E-state index contributed by atoms with van der Waals surface area (Å²) < 4.78 is 8.86. The molecule has 0 saturated heterocycles. The monoisotopic (exact) mass is 411 g/mol. The first-order valence-electron chi connectivity index (χ1n) is 7.89. The molecule has 2 rings (SSSR count). The molecule has 0 spiro atoms. The minimum Gasteiger partial charge on any atom is -0.460 e. The predicted octanol–water partition coefficient (Wildman–Crippen LogP) is 2.25. The van der Waals surface area contributed by atoms with Gasteiger partial charge in [-0.2, -0.15) is 0 Å². The summed E-state index contributed by atoms with van der Waals surface area (Å²) in [4.78, 5) is 36.5. The second kappa shape index (κ2) is 7.03. The van der Waals surface area contributed by atoms with Crippen molar-refractivity contribution in [3.63, 3.8) is 0 Å². The highest BCUT2D eigenvalue weighted by Gasteiger charge is 2.26. The van der Waals surface area contributed by atoms with Gasteiger partial charge in [-0.3, -0.25) is 18.7 Å². The Morgan fingerprint density at radius 1 is 1.28 bits per heavy atom. The number of ether oxygens (including phenoxy) is 1. The molecule has 0 bridgehead atoms. The summed E-state index contributed by atoms with van der Waals surface area (Å²) in [7, 11) is 1.62. The summed E-state index contributed by atoms with van der Waals surface area (Å²) >= 11 is 3.37. The highest BCUT2D eigenvalue weighted by Crippen LogP contribution is 2.23. The van der Waals surface area contributed by atoms with Crippen molar-refractivity contribution in [2.75, 3.05) is 0 Å². The van der Waals surface area contributed by atoms with Crippen LogP contribution in [0.3, 0.4) is 0 Å². The summed E-state index contributed by atoms with van der Waals surface area (Å²) in [5.41, 5.74) is 5.80. The molecule has 1 amide bonds. The fraction of sp³-hybridized carbons (Fsp3) is 0.471. The standard InChI is InChI=1S/C17H22BrN3O4/c1-17(2,3)25-14(22)8-7-12(15(19)23)21-11-6-5-10(18)9-13(11)20(4)16(21)24/h5-6,9,12H,7-8H2,1-4H3,(H2,19,23). The number of aryl methyl sites for hydroxylation is 1. The zero-order valence-corrected chi connectivity index (χ0v) is 16.3. The number of benzene rings is 1. The Morgan fingerprint density at radius 3 is 2.48 bits per heavy atom. The number of fused-ring (bicyclic) bond motifs is 1. The average molecular weight is 412 g/mol. The molecular weight excluding hydrogens is 390 g/mol. The topological polar surface area (TPSA) is 96.3 Å². The normalized spacial score (nSPS) is 13.0. The Morgan fingerprint density at radius 2 is 1.92 bits per heavy atom. The summed E-state index contributed by atoms with van der Waals surface area (Å²) in [5, 5.41) is 0. The van der Waals surface area contributed by atoms with Crippen LogP contribution in [0.2, 0.25) is 0 Å². The number of hydrogen-bond donors (Lipinski definition) is 1. The Kier molecular flexibility index (Phi) is 5.41. The minimum absolute atomic E-state index is 0.00969. The van der Waals surface area contributed by atoms with Crippen molar-refractivity contribution in [2.24, 2.45) is 12.8 Å². The Labute approximate surface area is 153 Å². The van der Waals surface area contributed by atoms with Crippen LogP contribution in [0.1, 0.15) is 39.7 Å². The lowest BCUT2D eigenvalue weighted by atomic mass is 10.1. The van der Waals surface area contributed by atoms with Crippen molar-refractivity contribution in [3.05, 3.63) is 33.2 Å². The summed E-state index contributed by atoms with van der Waals surface area (Å²) in [6, 6.07) is 4.39. The number of amides is 1. The first-order valence-corrected chi connectivity index (χ1v) is 8.68. The van der Waals surface area contributed by atoms with Crippen molar-refractivity contribution in [1.82, 2.24) is 9.13 Å². The second-order valence-corrected chi connectivity index (χ2v) is 7.80. The number of aromatic nitrogens is 2. The summed E-state index contributed by atoms with van der Waals surface area (Å²) in [6.45, 7) is 5.30. The number of esters is 1. The van der Waals surface area contributed by atoms with E-state index < -0.39 is 23.5 Å². The molecule has 1 aromatic carbocycles. The molecule has 7 nitrogen and oxygen atoms in total. The molecule has 2 N–H and O–H groups in total. The van der Waals surface area contributed by atoms with Gasteiger partial charge in [-0.05, 0) is 45.4 Å². The van der Waals surface area contributed by atoms with Crippen LogP contribution in [0.25, 0.3) is 11.0 Å². The maximum atomic E-state index is 12.6. The van der Waals surface area contributed by atoms with Crippen LogP contribution >= 0.6 is 15.9 Å². The van der Waals surface area contributed by atoms with E-state index in [4.69, 9.17) is 10.5 Å². The second-order valence-electron chi connectivity index (χ2n) is 6.89. The van der Waals surface area contributed by atoms with Crippen molar-refractivity contribution >= 4 is 38.8 Å². The van der Waals surface area contributed by atoms with Gasteiger partial charge >= 0.3 is 11.7 Å². The first kappa shape index (κ1) is 19.2. The smallest absolute Gasteiger partial charge is 0.329 e. The molecule has 1 heterocycles. The van der Waals surface area contributed by atoms with Gasteiger partial charge in [-0.1, -0.05) is 15.9 Å². The summed E-state index contributed by atoms with van der Waals surface area (Å²) in [5.74, 6) is -1.10. The van der Waals surface area contributed by atoms with Crippen LogP contribution in [0.5, 0.6) is 0 Å². The fourth-order valence-corrected chi connectivity index (χ4v) is 3.03. The Bertz CT molecular complexity index is 876. The number of nitrogens with two attached hydrogens (primary N) is 1. The van der Waals surface area contributed by atoms with Gasteiger partial charge in [0.15, 0.2) is 0 Å². The summed E-state index contributed by atoms with van der Waals surface area (Å²) in [6.07, 6.45) is 0.0869. The van der Waals surface area contributed by atoms with Gasteiger partial charge in [0.05, 0.1) is 11.0 Å². The van der Waals surface area contributed by atoms with Crippen molar-refractivity contribution in [1.29, 1.82) is 0 Å². The molecule has 1 aromatic heterocycles. The third kappa shape index (κ3) is 4.31. The van der Waals surface area contributed by atoms with E-state index in [1.165, 1.54) is 9.13 Å². The molecule has 136 valence electrons. The highest BCUT2D eigenvalue weighted by atomic mass is 79.9. The van der Waals surface area contributed by atoms with E-state index in [-0.39, 0.29) is 18.5 Å². The molecule has 0 saturated carbocycles. The number of carbonyl (C=O) groups is 2. The fourth-order valence-electron chi connectivity index (χ4n) is 2.68. The van der Waals surface area contributed by atoms with Gasteiger partial charge in [-0.25, -0.2) is 4.79 Å². The van der Waals surface area contributed by atoms with Crippen molar-refractivity contribution < 1.29 is 14.3 Å². The van der Waals surface area contributed by atoms with E-state index in [2.05, 4.69) is 15.9 Å². The third-order valence-electron chi connectivity index (χ3n) is 3.73. The molecule has 0 aliphatic carbocycles. The van der Waals surface area contributed by atoms with Gasteiger partial charge in [0.1, 0.15) is 11.6 Å². The number of imidazole rings is 1. The Hall–Kier alpha value is -2.09. The maximum absolute atomic E-state index is 12.6.